The van der Waals surface area contributed by atoms with Crippen molar-refractivity contribution in [1.82, 2.24) is 14.7 Å². The highest BCUT2D eigenvalue weighted by molar-refractivity contribution is 7.98. The largest absolute Gasteiger partial charge is 0.257 e. The van der Waals surface area contributed by atoms with Crippen LogP contribution in [0.25, 0.3) is 0 Å². The monoisotopic (exact) mass is 227 g/mol. The Kier molecular flexibility index (Phi) is 3.30. The minimum atomic E-state index is 0.284. The first-order valence-corrected chi connectivity index (χ1v) is 6.29. The minimum Gasteiger partial charge on any atom is -0.257 e. The van der Waals surface area contributed by atoms with E-state index in [0.717, 1.165) is 10.9 Å². The SMILES string of the molecule is CSc1nccc(C(NS)C2CC2)n1. The summed E-state index contributed by atoms with van der Waals surface area (Å²) in [6.07, 6.45) is 6.35. The van der Waals surface area contributed by atoms with Crippen LogP contribution in [0.4, 0.5) is 0 Å². The summed E-state index contributed by atoms with van der Waals surface area (Å²) in [5.74, 6) is 0.706. The van der Waals surface area contributed by atoms with Crippen LogP contribution in [-0.4, -0.2) is 16.2 Å². The summed E-state index contributed by atoms with van der Waals surface area (Å²) >= 11 is 5.72. The van der Waals surface area contributed by atoms with Gasteiger partial charge in [0.2, 0.25) is 0 Å². The Hall–Kier alpha value is -0.260. The maximum absolute atomic E-state index is 4.46. The summed E-state index contributed by atoms with van der Waals surface area (Å²) in [7, 11) is 0. The second kappa shape index (κ2) is 4.51. The van der Waals surface area contributed by atoms with Crippen LogP contribution in [0.5, 0.6) is 0 Å². The van der Waals surface area contributed by atoms with Crippen LogP contribution in [0, 0.1) is 5.92 Å². The molecule has 1 aromatic heterocycles. The lowest BCUT2D eigenvalue weighted by molar-refractivity contribution is 0.570. The summed E-state index contributed by atoms with van der Waals surface area (Å²) in [4.78, 5) is 8.62. The third-order valence-corrected chi connectivity index (χ3v) is 3.23. The topological polar surface area (TPSA) is 37.8 Å². The molecule has 14 heavy (non-hydrogen) atoms. The molecule has 0 saturated heterocycles. The van der Waals surface area contributed by atoms with Crippen LogP contribution in [0.15, 0.2) is 17.4 Å². The lowest BCUT2D eigenvalue weighted by atomic mass is 10.1. The molecule has 0 radical (unpaired) electrons. The van der Waals surface area contributed by atoms with Crippen molar-refractivity contribution >= 4 is 24.6 Å². The minimum absolute atomic E-state index is 0.284. The second-order valence-electron chi connectivity index (χ2n) is 3.41. The molecule has 0 aliphatic heterocycles. The smallest absolute Gasteiger partial charge is 0.187 e. The Balaban J connectivity index is 2.20. The summed E-state index contributed by atoms with van der Waals surface area (Å²) in [5.41, 5.74) is 1.06. The van der Waals surface area contributed by atoms with E-state index >= 15 is 0 Å². The fourth-order valence-electron chi connectivity index (χ4n) is 1.47. The van der Waals surface area contributed by atoms with Crippen molar-refractivity contribution in [1.29, 1.82) is 0 Å². The summed E-state index contributed by atoms with van der Waals surface area (Å²) in [6.45, 7) is 0. The number of hydrogen-bond acceptors (Lipinski definition) is 5. The van der Waals surface area contributed by atoms with Crippen molar-refractivity contribution in [2.45, 2.75) is 24.0 Å². The van der Waals surface area contributed by atoms with E-state index in [9.17, 15) is 0 Å². The quantitative estimate of drug-likeness (QED) is 0.469. The van der Waals surface area contributed by atoms with Crippen molar-refractivity contribution in [3.8, 4) is 0 Å². The van der Waals surface area contributed by atoms with Gasteiger partial charge in [-0.2, -0.15) is 0 Å². The lowest BCUT2D eigenvalue weighted by Gasteiger charge is -2.13. The van der Waals surface area contributed by atoms with Crippen molar-refractivity contribution in [2.75, 3.05) is 6.26 Å². The van der Waals surface area contributed by atoms with Crippen LogP contribution in [0.1, 0.15) is 24.6 Å². The van der Waals surface area contributed by atoms with Gasteiger partial charge in [0.05, 0.1) is 11.7 Å². The number of rotatable bonds is 4. The zero-order chi connectivity index (χ0) is 9.97. The average molecular weight is 227 g/mol. The maximum Gasteiger partial charge on any atom is 0.187 e. The highest BCUT2D eigenvalue weighted by Crippen LogP contribution is 2.40. The summed E-state index contributed by atoms with van der Waals surface area (Å²) < 4.78 is 3.03. The highest BCUT2D eigenvalue weighted by Gasteiger charge is 2.32. The first kappa shape index (κ1) is 10.3. The molecular formula is C9H13N3S2. The van der Waals surface area contributed by atoms with E-state index in [1.807, 2.05) is 18.5 Å². The van der Waals surface area contributed by atoms with Crippen molar-refractivity contribution in [2.24, 2.45) is 5.92 Å². The molecule has 1 fully saturated rings. The summed E-state index contributed by atoms with van der Waals surface area (Å²) in [6, 6.07) is 2.25. The van der Waals surface area contributed by atoms with Gasteiger partial charge >= 0.3 is 0 Å². The Morgan fingerprint density at radius 1 is 1.64 bits per heavy atom. The van der Waals surface area contributed by atoms with E-state index < -0.39 is 0 Å². The first-order valence-electron chi connectivity index (χ1n) is 4.61. The van der Waals surface area contributed by atoms with Crippen LogP contribution >= 0.6 is 24.6 Å². The molecule has 5 heteroatoms. The van der Waals surface area contributed by atoms with Crippen LogP contribution in [0.3, 0.4) is 0 Å². The Morgan fingerprint density at radius 3 is 3.00 bits per heavy atom. The molecule has 3 nitrogen and oxygen atoms in total. The Morgan fingerprint density at radius 2 is 2.43 bits per heavy atom. The van der Waals surface area contributed by atoms with Crippen molar-refractivity contribution in [3.05, 3.63) is 18.0 Å². The second-order valence-corrected chi connectivity index (χ2v) is 4.44. The van der Waals surface area contributed by atoms with Gasteiger partial charge in [0.15, 0.2) is 5.16 Å². The Bertz CT molecular complexity index is 315. The van der Waals surface area contributed by atoms with E-state index in [-0.39, 0.29) is 6.04 Å². The molecule has 1 aliphatic carbocycles. The van der Waals surface area contributed by atoms with E-state index in [1.54, 1.807) is 11.8 Å². The molecular weight excluding hydrogens is 214 g/mol. The van der Waals surface area contributed by atoms with Crippen LogP contribution in [-0.2, 0) is 0 Å². The van der Waals surface area contributed by atoms with Crippen LogP contribution < -0.4 is 4.72 Å². The highest BCUT2D eigenvalue weighted by atomic mass is 32.2. The zero-order valence-corrected chi connectivity index (χ0v) is 9.68. The fraction of sp³-hybridized carbons (Fsp3) is 0.556. The molecule has 2 rings (SSSR count). The van der Waals surface area contributed by atoms with E-state index in [2.05, 4.69) is 27.5 Å². The predicted molar refractivity (Wildman–Crippen MR) is 61.4 cm³/mol. The molecule has 1 aliphatic rings. The van der Waals surface area contributed by atoms with Gasteiger partial charge in [-0.05, 0) is 31.1 Å². The molecule has 1 atom stereocenters. The van der Waals surface area contributed by atoms with Crippen molar-refractivity contribution < 1.29 is 0 Å². The van der Waals surface area contributed by atoms with Gasteiger partial charge in [-0.15, -0.1) is 0 Å². The predicted octanol–water partition coefficient (Wildman–Crippen LogP) is 2.08. The molecule has 1 unspecified atom stereocenters. The fourth-order valence-corrected chi connectivity index (χ4v) is 2.17. The van der Waals surface area contributed by atoms with Gasteiger partial charge in [0.25, 0.3) is 0 Å². The molecule has 1 heterocycles. The molecule has 0 bridgehead atoms. The normalized spacial score (nSPS) is 18.1. The van der Waals surface area contributed by atoms with Gasteiger partial charge < -0.3 is 0 Å². The van der Waals surface area contributed by atoms with Gasteiger partial charge in [-0.25, -0.2) is 9.97 Å². The van der Waals surface area contributed by atoms with Gasteiger partial charge in [-0.3, -0.25) is 4.72 Å². The number of nitrogens with one attached hydrogen (secondary N) is 1. The lowest BCUT2D eigenvalue weighted by Crippen LogP contribution is -2.15. The number of thioether (sulfide) groups is 1. The molecule has 1 N–H and O–H groups in total. The standard InChI is InChI=1S/C9H13N3S2/c1-14-9-10-5-4-7(11-9)8(12-13)6-2-3-6/h4-6,8,12-13H,2-3H2,1H3. The average Bonchev–Trinajstić information content (AvgIpc) is 3.04. The first-order chi connectivity index (χ1) is 6.85. The summed E-state index contributed by atoms with van der Waals surface area (Å²) in [5, 5.41) is 0.830. The van der Waals surface area contributed by atoms with Gasteiger partial charge in [0, 0.05) is 6.20 Å². The van der Waals surface area contributed by atoms with Gasteiger partial charge in [0.1, 0.15) is 0 Å². The Labute approximate surface area is 93.7 Å². The molecule has 76 valence electrons. The third kappa shape index (κ3) is 2.21. The number of hydrogen-bond donors (Lipinski definition) is 2. The van der Waals surface area contributed by atoms with E-state index in [4.69, 9.17) is 0 Å². The zero-order valence-electron chi connectivity index (χ0n) is 7.97. The number of nitrogens with zero attached hydrogens (tertiary/aromatic N) is 2. The van der Waals surface area contributed by atoms with Crippen LogP contribution in [0.2, 0.25) is 0 Å². The van der Waals surface area contributed by atoms with Gasteiger partial charge in [-0.1, -0.05) is 24.6 Å². The van der Waals surface area contributed by atoms with Crippen molar-refractivity contribution in [3.63, 3.8) is 0 Å². The van der Waals surface area contributed by atoms with E-state index in [0.29, 0.717) is 5.92 Å². The molecule has 0 amide bonds. The third-order valence-electron chi connectivity index (χ3n) is 2.39. The molecule has 1 saturated carbocycles. The molecule has 1 aromatic rings. The molecule has 0 aromatic carbocycles. The maximum atomic E-state index is 4.46. The number of thiol groups is 1. The molecule has 0 spiro atoms. The number of aromatic nitrogens is 2. The van der Waals surface area contributed by atoms with E-state index in [1.165, 1.54) is 12.8 Å².